The van der Waals surface area contributed by atoms with Crippen molar-refractivity contribution in [2.45, 2.75) is 6.54 Å². The molecule has 22 heavy (non-hydrogen) atoms. The van der Waals surface area contributed by atoms with E-state index in [1.165, 1.54) is 0 Å². The van der Waals surface area contributed by atoms with Gasteiger partial charge in [-0.1, -0.05) is 22.0 Å². The molecule has 0 aliphatic carbocycles. The van der Waals surface area contributed by atoms with E-state index in [1.54, 1.807) is 0 Å². The predicted molar refractivity (Wildman–Crippen MR) is 86.2 cm³/mol. The lowest BCUT2D eigenvalue weighted by Gasteiger charge is -2.33. The van der Waals surface area contributed by atoms with Crippen LogP contribution < -0.4 is 0 Å². The molecule has 2 heterocycles. The minimum atomic E-state index is 0.222. The van der Waals surface area contributed by atoms with Gasteiger partial charge in [-0.15, -0.1) is 10.2 Å². The first kappa shape index (κ1) is 15.6. The summed E-state index contributed by atoms with van der Waals surface area (Å²) in [6.45, 7) is 5.48. The molecule has 1 saturated heterocycles. The van der Waals surface area contributed by atoms with E-state index >= 15 is 0 Å². The number of halogens is 1. The first-order valence-corrected chi connectivity index (χ1v) is 8.18. The van der Waals surface area contributed by atoms with Crippen molar-refractivity contribution in [1.82, 2.24) is 20.0 Å². The van der Waals surface area contributed by atoms with Crippen LogP contribution in [0.15, 0.2) is 33.2 Å². The Hall–Kier alpha value is -1.28. The fraction of sp³-hybridized carbons (Fsp3) is 0.467. The summed E-state index contributed by atoms with van der Waals surface area (Å²) in [6, 6.07) is 7.83. The van der Waals surface area contributed by atoms with E-state index in [4.69, 9.17) is 9.52 Å². The molecule has 0 atom stereocenters. The van der Waals surface area contributed by atoms with Crippen molar-refractivity contribution in [3.63, 3.8) is 0 Å². The highest BCUT2D eigenvalue weighted by molar-refractivity contribution is 9.10. The van der Waals surface area contributed by atoms with E-state index in [-0.39, 0.29) is 6.61 Å². The van der Waals surface area contributed by atoms with Gasteiger partial charge in [0.25, 0.3) is 0 Å². The van der Waals surface area contributed by atoms with Crippen molar-refractivity contribution >= 4 is 15.9 Å². The van der Waals surface area contributed by atoms with Crippen molar-refractivity contribution in [3.8, 4) is 11.5 Å². The Morgan fingerprint density at radius 3 is 2.64 bits per heavy atom. The van der Waals surface area contributed by atoms with Crippen LogP contribution in [0.25, 0.3) is 11.5 Å². The van der Waals surface area contributed by atoms with E-state index in [1.807, 2.05) is 24.3 Å². The van der Waals surface area contributed by atoms with Gasteiger partial charge in [-0.2, -0.15) is 0 Å². The number of hydrogen-bond acceptors (Lipinski definition) is 6. The Kier molecular flexibility index (Phi) is 5.20. The van der Waals surface area contributed by atoms with Crippen LogP contribution in [0.5, 0.6) is 0 Å². The highest BCUT2D eigenvalue weighted by atomic mass is 79.9. The van der Waals surface area contributed by atoms with Gasteiger partial charge in [0.15, 0.2) is 0 Å². The first-order valence-electron chi connectivity index (χ1n) is 7.38. The number of rotatable bonds is 5. The summed E-state index contributed by atoms with van der Waals surface area (Å²) < 4.78 is 6.75. The summed E-state index contributed by atoms with van der Waals surface area (Å²) in [7, 11) is 0. The van der Waals surface area contributed by atoms with Gasteiger partial charge in [-0.25, -0.2) is 0 Å². The number of aliphatic hydroxyl groups excluding tert-OH is 1. The lowest BCUT2D eigenvalue weighted by atomic mass is 10.2. The van der Waals surface area contributed by atoms with Crippen molar-refractivity contribution in [3.05, 3.63) is 34.6 Å². The molecule has 0 saturated carbocycles. The summed E-state index contributed by atoms with van der Waals surface area (Å²) >= 11 is 3.44. The highest BCUT2D eigenvalue weighted by Crippen LogP contribution is 2.22. The van der Waals surface area contributed by atoms with Crippen LogP contribution in [0.3, 0.4) is 0 Å². The van der Waals surface area contributed by atoms with Crippen LogP contribution in [0.4, 0.5) is 0 Å². The Labute approximate surface area is 137 Å². The molecule has 1 N–H and O–H groups in total. The average molecular weight is 367 g/mol. The van der Waals surface area contributed by atoms with Gasteiger partial charge in [0.2, 0.25) is 11.8 Å². The van der Waals surface area contributed by atoms with Gasteiger partial charge in [0.1, 0.15) is 0 Å². The van der Waals surface area contributed by atoms with Crippen molar-refractivity contribution in [1.29, 1.82) is 0 Å². The molecule has 0 unspecified atom stereocenters. The Balaban J connectivity index is 1.58. The maximum Gasteiger partial charge on any atom is 0.247 e. The average Bonchev–Trinajstić information content (AvgIpc) is 2.98. The number of β-amino-alcohol motifs (C(OH)–C–C–N with tert-alkyl or cyclic N) is 1. The standard InChI is InChI=1S/C15H19BrN4O2/c16-13-3-1-2-12(10-13)15-18-17-14(22-15)11-20-6-4-19(5-7-20)8-9-21/h1-3,10,21H,4-9,11H2. The molecule has 6 nitrogen and oxygen atoms in total. The minimum absolute atomic E-state index is 0.222. The molecule has 7 heteroatoms. The lowest BCUT2D eigenvalue weighted by Crippen LogP contribution is -2.46. The number of hydrogen-bond donors (Lipinski definition) is 1. The van der Waals surface area contributed by atoms with Gasteiger partial charge in [0.05, 0.1) is 13.2 Å². The molecule has 0 amide bonds. The third kappa shape index (κ3) is 3.92. The Morgan fingerprint density at radius 2 is 1.91 bits per heavy atom. The zero-order valence-corrected chi connectivity index (χ0v) is 13.9. The second kappa shape index (κ2) is 7.32. The highest BCUT2D eigenvalue weighted by Gasteiger charge is 2.19. The van der Waals surface area contributed by atoms with Crippen molar-refractivity contribution in [2.24, 2.45) is 0 Å². The van der Waals surface area contributed by atoms with E-state index in [0.717, 1.165) is 42.8 Å². The van der Waals surface area contributed by atoms with Gasteiger partial charge >= 0.3 is 0 Å². The topological polar surface area (TPSA) is 65.6 Å². The molecule has 1 aliphatic rings. The van der Waals surface area contributed by atoms with Gasteiger partial charge in [-0.05, 0) is 18.2 Å². The number of aromatic nitrogens is 2. The fourth-order valence-corrected chi connectivity index (χ4v) is 2.96. The van der Waals surface area contributed by atoms with Crippen LogP contribution in [0.2, 0.25) is 0 Å². The van der Waals surface area contributed by atoms with Crippen LogP contribution in [-0.4, -0.2) is 64.4 Å². The molecular weight excluding hydrogens is 348 g/mol. The summed E-state index contributed by atoms with van der Waals surface area (Å²) in [6.07, 6.45) is 0. The van der Waals surface area contributed by atoms with Crippen LogP contribution >= 0.6 is 15.9 Å². The summed E-state index contributed by atoms with van der Waals surface area (Å²) in [5.74, 6) is 1.20. The molecule has 0 bridgehead atoms. The molecule has 1 aromatic carbocycles. The molecule has 2 aromatic rings. The van der Waals surface area contributed by atoms with Gasteiger partial charge < -0.3 is 9.52 Å². The molecule has 1 aromatic heterocycles. The normalized spacial score (nSPS) is 17.0. The summed E-state index contributed by atoms with van der Waals surface area (Å²) in [5, 5.41) is 17.2. The van der Waals surface area contributed by atoms with E-state index < -0.39 is 0 Å². The van der Waals surface area contributed by atoms with E-state index in [0.29, 0.717) is 18.3 Å². The zero-order chi connectivity index (χ0) is 15.4. The number of nitrogens with zero attached hydrogens (tertiary/aromatic N) is 4. The molecule has 1 aliphatic heterocycles. The van der Waals surface area contributed by atoms with Crippen molar-refractivity contribution < 1.29 is 9.52 Å². The molecule has 118 valence electrons. The second-order valence-corrected chi connectivity index (χ2v) is 6.27. The van der Waals surface area contributed by atoms with Gasteiger partial charge in [0, 0.05) is 42.8 Å². The third-order valence-electron chi connectivity index (χ3n) is 3.78. The van der Waals surface area contributed by atoms with Crippen LogP contribution in [-0.2, 0) is 6.54 Å². The fourth-order valence-electron chi connectivity index (χ4n) is 2.56. The summed E-state index contributed by atoms with van der Waals surface area (Å²) in [4.78, 5) is 4.56. The zero-order valence-electron chi connectivity index (χ0n) is 12.3. The largest absolute Gasteiger partial charge is 0.419 e. The van der Waals surface area contributed by atoms with E-state index in [2.05, 4.69) is 35.9 Å². The monoisotopic (exact) mass is 366 g/mol. The van der Waals surface area contributed by atoms with Crippen LogP contribution in [0, 0.1) is 0 Å². The second-order valence-electron chi connectivity index (χ2n) is 5.35. The molecular formula is C15H19BrN4O2. The maximum absolute atomic E-state index is 8.96. The summed E-state index contributed by atoms with van der Waals surface area (Å²) in [5.41, 5.74) is 0.917. The SMILES string of the molecule is OCCN1CCN(Cc2nnc(-c3cccc(Br)c3)o2)CC1. The maximum atomic E-state index is 8.96. The molecule has 3 rings (SSSR count). The third-order valence-corrected chi connectivity index (χ3v) is 4.27. The number of benzene rings is 1. The van der Waals surface area contributed by atoms with Crippen molar-refractivity contribution in [2.75, 3.05) is 39.3 Å². The molecule has 0 radical (unpaired) electrons. The van der Waals surface area contributed by atoms with Crippen LogP contribution in [0.1, 0.15) is 5.89 Å². The quantitative estimate of drug-likeness (QED) is 0.866. The number of piperazine rings is 1. The smallest absolute Gasteiger partial charge is 0.247 e. The minimum Gasteiger partial charge on any atom is -0.419 e. The Morgan fingerprint density at radius 1 is 1.14 bits per heavy atom. The predicted octanol–water partition coefficient (Wildman–Crippen LogP) is 1.61. The lowest BCUT2D eigenvalue weighted by molar-refractivity contribution is 0.103. The van der Waals surface area contributed by atoms with E-state index in [9.17, 15) is 0 Å². The molecule has 0 spiro atoms. The first-order chi connectivity index (χ1) is 10.7. The Bertz CT molecular complexity index is 611. The molecule has 1 fully saturated rings. The van der Waals surface area contributed by atoms with Gasteiger partial charge in [-0.3, -0.25) is 9.80 Å². The number of aliphatic hydroxyl groups is 1.